The van der Waals surface area contributed by atoms with Gasteiger partial charge >= 0.3 is 23.8 Å². The molecule has 15 nitrogen and oxygen atoms in total. The van der Waals surface area contributed by atoms with E-state index in [1.165, 1.54) is 38.3 Å². The van der Waals surface area contributed by atoms with Crippen LogP contribution < -0.4 is 9.47 Å². The maximum absolute atomic E-state index is 12.4. The lowest BCUT2D eigenvalue weighted by molar-refractivity contribution is -0.387. The SMILES string of the molecule is C#CCC(OC(=O)Oc1ccc([N+](=O)[O-])cc1)c1ccc(OC2OC(C(=O)OC)C(C)C(C)C2OC(C)=O)c([N+](=O)[O-])c1. The molecule has 6 atom stereocenters. The normalized spacial score (nSPS) is 21.8. The molecule has 0 aromatic heterocycles. The molecule has 1 fully saturated rings. The highest BCUT2D eigenvalue weighted by Gasteiger charge is 2.48. The molecule has 3 rings (SSSR count). The molecule has 1 aliphatic rings. The van der Waals surface area contributed by atoms with Gasteiger partial charge in [-0.15, -0.1) is 12.3 Å². The molecule has 1 aliphatic heterocycles. The Hall–Kier alpha value is -5.23. The summed E-state index contributed by atoms with van der Waals surface area (Å²) in [6.07, 6.45) is -0.726. The van der Waals surface area contributed by atoms with E-state index in [1.54, 1.807) is 13.8 Å². The molecule has 228 valence electrons. The van der Waals surface area contributed by atoms with Gasteiger partial charge < -0.3 is 28.4 Å². The summed E-state index contributed by atoms with van der Waals surface area (Å²) in [5.74, 6) is -0.312. The summed E-state index contributed by atoms with van der Waals surface area (Å²) in [6.45, 7) is 4.59. The first-order valence-electron chi connectivity index (χ1n) is 12.8. The van der Waals surface area contributed by atoms with Crippen LogP contribution in [0.3, 0.4) is 0 Å². The lowest BCUT2D eigenvalue weighted by Crippen LogP contribution is -2.55. The van der Waals surface area contributed by atoms with Gasteiger partial charge in [-0.05, 0) is 24.1 Å². The molecule has 0 aliphatic carbocycles. The average molecular weight is 601 g/mol. The van der Waals surface area contributed by atoms with Crippen molar-refractivity contribution in [3.63, 3.8) is 0 Å². The number of hydrogen-bond donors (Lipinski definition) is 0. The number of nitro benzene ring substituents is 2. The zero-order valence-corrected chi connectivity index (χ0v) is 23.5. The number of benzene rings is 2. The number of nitro groups is 2. The third kappa shape index (κ3) is 7.95. The Morgan fingerprint density at radius 1 is 1.05 bits per heavy atom. The Morgan fingerprint density at radius 2 is 1.72 bits per heavy atom. The Balaban J connectivity index is 1.86. The van der Waals surface area contributed by atoms with Crippen LogP contribution in [0.5, 0.6) is 11.5 Å². The van der Waals surface area contributed by atoms with Crippen LogP contribution in [-0.4, -0.2) is 53.5 Å². The molecule has 0 spiro atoms. The number of esters is 2. The molecule has 0 radical (unpaired) electrons. The first-order chi connectivity index (χ1) is 20.4. The number of rotatable bonds is 10. The van der Waals surface area contributed by atoms with Crippen molar-refractivity contribution >= 4 is 29.5 Å². The van der Waals surface area contributed by atoms with Crippen LogP contribution in [0.2, 0.25) is 0 Å². The Kier molecular flexibility index (Phi) is 10.6. The number of non-ortho nitro benzene ring substituents is 1. The standard InChI is InChI=1S/C28H28N2O13/c1-6-7-22(42-28(33)40-20-11-9-19(10-12-20)29(34)35)18-8-13-23(21(14-18)30(36)37)41-27-25(39-17(4)31)16(3)15(2)24(43-27)26(32)38-5/h1,8-16,22,24-25,27H,7H2,2-5H3. The molecular weight excluding hydrogens is 572 g/mol. The number of carbonyl (C=O) groups is 3. The molecule has 2 aromatic rings. The zero-order valence-electron chi connectivity index (χ0n) is 23.5. The monoisotopic (exact) mass is 600 g/mol. The molecule has 6 unspecified atom stereocenters. The van der Waals surface area contributed by atoms with Gasteiger partial charge in [0.1, 0.15) is 11.9 Å². The van der Waals surface area contributed by atoms with E-state index >= 15 is 0 Å². The number of terminal acetylenes is 1. The summed E-state index contributed by atoms with van der Waals surface area (Å²) >= 11 is 0. The second-order valence-corrected chi connectivity index (χ2v) is 9.46. The van der Waals surface area contributed by atoms with Crippen LogP contribution in [0.1, 0.15) is 38.9 Å². The summed E-state index contributed by atoms with van der Waals surface area (Å²) in [5, 5.41) is 22.8. The molecule has 1 saturated heterocycles. The minimum Gasteiger partial charge on any atom is -0.467 e. The number of carbonyl (C=O) groups excluding carboxylic acids is 3. The quantitative estimate of drug-likeness (QED) is 0.0938. The van der Waals surface area contributed by atoms with Gasteiger partial charge in [-0.25, -0.2) is 9.59 Å². The molecule has 1 heterocycles. The highest BCUT2D eigenvalue weighted by Crippen LogP contribution is 2.38. The van der Waals surface area contributed by atoms with Crippen molar-refractivity contribution in [3.8, 4) is 23.8 Å². The smallest absolute Gasteiger partial charge is 0.467 e. The van der Waals surface area contributed by atoms with Gasteiger partial charge in [-0.2, -0.15) is 0 Å². The van der Waals surface area contributed by atoms with E-state index < -0.39 is 70.1 Å². The van der Waals surface area contributed by atoms with Gasteiger partial charge in [0.2, 0.25) is 6.29 Å². The van der Waals surface area contributed by atoms with E-state index in [4.69, 9.17) is 34.8 Å². The van der Waals surface area contributed by atoms with Crippen LogP contribution >= 0.6 is 0 Å². The lowest BCUT2D eigenvalue weighted by atomic mass is 9.83. The number of methoxy groups -OCH3 is 1. The van der Waals surface area contributed by atoms with Crippen LogP contribution in [0, 0.1) is 44.4 Å². The van der Waals surface area contributed by atoms with Crippen LogP contribution in [0.4, 0.5) is 16.2 Å². The van der Waals surface area contributed by atoms with Gasteiger partial charge in [0, 0.05) is 36.6 Å². The van der Waals surface area contributed by atoms with Gasteiger partial charge in [0.25, 0.3) is 5.69 Å². The predicted octanol–water partition coefficient (Wildman–Crippen LogP) is 4.26. The second-order valence-electron chi connectivity index (χ2n) is 9.46. The van der Waals surface area contributed by atoms with Crippen molar-refractivity contribution in [2.24, 2.45) is 11.8 Å². The molecular formula is C28H28N2O13. The highest BCUT2D eigenvalue weighted by molar-refractivity contribution is 5.75. The molecule has 0 bridgehead atoms. The first-order valence-corrected chi connectivity index (χ1v) is 12.8. The van der Waals surface area contributed by atoms with Crippen molar-refractivity contribution in [1.82, 2.24) is 0 Å². The fourth-order valence-corrected chi connectivity index (χ4v) is 4.31. The fourth-order valence-electron chi connectivity index (χ4n) is 4.31. The van der Waals surface area contributed by atoms with Crippen LogP contribution in [0.15, 0.2) is 42.5 Å². The fraction of sp³-hybridized carbons (Fsp3) is 0.393. The zero-order chi connectivity index (χ0) is 31.8. The molecule has 0 N–H and O–H groups in total. The summed E-state index contributed by atoms with van der Waals surface area (Å²) in [7, 11) is 1.18. The van der Waals surface area contributed by atoms with Crippen molar-refractivity contribution in [2.45, 2.75) is 51.8 Å². The van der Waals surface area contributed by atoms with Crippen molar-refractivity contribution in [2.75, 3.05) is 7.11 Å². The number of nitrogens with zero attached hydrogens (tertiary/aromatic N) is 2. The maximum Gasteiger partial charge on any atom is 0.514 e. The largest absolute Gasteiger partial charge is 0.514 e. The third-order valence-electron chi connectivity index (χ3n) is 6.69. The summed E-state index contributed by atoms with van der Waals surface area (Å²) < 4.78 is 32.1. The third-order valence-corrected chi connectivity index (χ3v) is 6.69. The summed E-state index contributed by atoms with van der Waals surface area (Å²) in [6, 6.07) is 8.28. The predicted molar refractivity (Wildman–Crippen MR) is 145 cm³/mol. The molecule has 2 aromatic carbocycles. The van der Waals surface area contributed by atoms with E-state index in [2.05, 4.69) is 5.92 Å². The van der Waals surface area contributed by atoms with E-state index in [0.717, 1.165) is 18.2 Å². The molecule has 15 heteroatoms. The molecule has 43 heavy (non-hydrogen) atoms. The lowest BCUT2D eigenvalue weighted by Gasteiger charge is -2.42. The Bertz CT molecular complexity index is 1420. The van der Waals surface area contributed by atoms with E-state index in [-0.39, 0.29) is 29.2 Å². The van der Waals surface area contributed by atoms with Gasteiger partial charge in [0.05, 0.1) is 23.4 Å². The van der Waals surface area contributed by atoms with Gasteiger partial charge in [-0.3, -0.25) is 25.0 Å². The Labute approximate surface area is 245 Å². The van der Waals surface area contributed by atoms with E-state index in [1.807, 2.05) is 0 Å². The molecule has 0 saturated carbocycles. The maximum atomic E-state index is 12.4. The van der Waals surface area contributed by atoms with Gasteiger partial charge in [0.15, 0.2) is 18.0 Å². The van der Waals surface area contributed by atoms with Crippen molar-refractivity contribution in [3.05, 3.63) is 68.3 Å². The molecule has 0 amide bonds. The average Bonchev–Trinajstić information content (AvgIpc) is 2.96. The van der Waals surface area contributed by atoms with Crippen LogP contribution in [0.25, 0.3) is 0 Å². The summed E-state index contributed by atoms with van der Waals surface area (Å²) in [5.41, 5.74) is -0.672. The van der Waals surface area contributed by atoms with E-state index in [9.17, 15) is 34.6 Å². The first kappa shape index (κ1) is 32.3. The number of hydrogen-bond acceptors (Lipinski definition) is 13. The minimum atomic E-state index is -1.42. The number of ether oxygens (including phenoxy) is 6. The summed E-state index contributed by atoms with van der Waals surface area (Å²) in [4.78, 5) is 58.0. The van der Waals surface area contributed by atoms with Crippen molar-refractivity contribution in [1.29, 1.82) is 0 Å². The minimum absolute atomic E-state index is 0.0478. The van der Waals surface area contributed by atoms with Crippen LogP contribution in [-0.2, 0) is 28.5 Å². The van der Waals surface area contributed by atoms with Gasteiger partial charge in [-0.1, -0.05) is 19.9 Å². The topological polar surface area (TPSA) is 193 Å². The Morgan fingerprint density at radius 3 is 2.28 bits per heavy atom. The van der Waals surface area contributed by atoms with Crippen molar-refractivity contribution < 1.29 is 52.7 Å². The second kappa shape index (κ2) is 14.1. The van der Waals surface area contributed by atoms with E-state index in [0.29, 0.717) is 0 Å². The highest BCUT2D eigenvalue weighted by atomic mass is 16.7.